The molecule has 0 aliphatic carbocycles. The highest BCUT2D eigenvalue weighted by Gasteiger charge is 2.33. The van der Waals surface area contributed by atoms with Crippen LogP contribution in [0.25, 0.3) is 0 Å². The number of carbonyl (C=O) groups excluding carboxylic acids is 2. The molecule has 32 heavy (non-hydrogen) atoms. The van der Waals surface area contributed by atoms with Crippen molar-refractivity contribution >= 4 is 33.6 Å². The smallest absolute Gasteiger partial charge is 0.416 e. The zero-order chi connectivity index (χ0) is 24.2. The zero-order valence-electron chi connectivity index (χ0n) is 16.1. The second kappa shape index (κ2) is 9.94. The molecule has 13 heteroatoms. The van der Waals surface area contributed by atoms with Crippen LogP contribution in [-0.2, 0) is 25.2 Å². The summed E-state index contributed by atoms with van der Waals surface area (Å²) in [7, 11) is 2.00. The molecule has 0 fully saturated rings. The van der Waals surface area contributed by atoms with E-state index in [1.165, 1.54) is 0 Å². The quantitative estimate of drug-likeness (QED) is 0.311. The Morgan fingerprint density at radius 2 is 1.56 bits per heavy atom. The first-order valence-electron chi connectivity index (χ1n) is 8.25. The van der Waals surface area contributed by atoms with Gasteiger partial charge in [0.25, 0.3) is 0 Å². The standard InChI is InChI=1S/C19H12BrF6NO5/c1-30-16(28)7-14(18(29)31-2)27-13-6-15(9(20)5-10(13)21)32-17-11(22)3-8(4-12(17)23)19(24,25)26/h3-7,27H,1-2H3/b14-7+. The van der Waals surface area contributed by atoms with Gasteiger partial charge >= 0.3 is 18.1 Å². The summed E-state index contributed by atoms with van der Waals surface area (Å²) in [5, 5.41) is 2.25. The molecule has 0 amide bonds. The van der Waals surface area contributed by atoms with Crippen molar-refractivity contribution in [1.29, 1.82) is 0 Å². The topological polar surface area (TPSA) is 73.9 Å². The number of ether oxygens (including phenoxy) is 3. The van der Waals surface area contributed by atoms with Crippen molar-refractivity contribution in [2.75, 3.05) is 19.5 Å². The molecule has 2 rings (SSSR count). The number of benzene rings is 2. The Hall–Kier alpha value is -3.22. The number of esters is 2. The number of hydrogen-bond acceptors (Lipinski definition) is 6. The lowest BCUT2D eigenvalue weighted by Crippen LogP contribution is -2.16. The zero-order valence-corrected chi connectivity index (χ0v) is 17.7. The minimum atomic E-state index is -5.00. The third-order valence-corrected chi connectivity index (χ3v) is 4.32. The Labute approximate surface area is 184 Å². The summed E-state index contributed by atoms with van der Waals surface area (Å²) in [5.41, 5.74) is -2.63. The van der Waals surface area contributed by atoms with E-state index in [4.69, 9.17) is 4.74 Å². The van der Waals surface area contributed by atoms with Crippen molar-refractivity contribution in [3.8, 4) is 11.5 Å². The molecule has 0 radical (unpaired) electrons. The van der Waals surface area contributed by atoms with E-state index in [0.717, 1.165) is 26.4 Å². The van der Waals surface area contributed by atoms with Gasteiger partial charge < -0.3 is 19.5 Å². The van der Waals surface area contributed by atoms with E-state index in [9.17, 15) is 35.9 Å². The Balaban J connectivity index is 2.46. The summed E-state index contributed by atoms with van der Waals surface area (Å²) in [6.45, 7) is 0. The van der Waals surface area contributed by atoms with Crippen LogP contribution in [0.4, 0.5) is 32.0 Å². The van der Waals surface area contributed by atoms with Crippen molar-refractivity contribution in [3.05, 3.63) is 63.5 Å². The summed E-state index contributed by atoms with van der Waals surface area (Å²) < 4.78 is 94.3. The Bertz CT molecular complexity index is 1060. The van der Waals surface area contributed by atoms with E-state index in [1.807, 2.05) is 0 Å². The molecule has 0 saturated carbocycles. The second-order valence-corrected chi connectivity index (χ2v) is 6.68. The summed E-state index contributed by atoms with van der Waals surface area (Å²) in [6, 6.07) is 1.68. The molecule has 0 aliphatic heterocycles. The number of anilines is 1. The van der Waals surface area contributed by atoms with Crippen LogP contribution in [0.3, 0.4) is 0 Å². The lowest BCUT2D eigenvalue weighted by atomic mass is 10.2. The van der Waals surface area contributed by atoms with Crippen LogP contribution in [0.1, 0.15) is 5.56 Å². The van der Waals surface area contributed by atoms with Gasteiger partial charge in [-0.2, -0.15) is 13.2 Å². The van der Waals surface area contributed by atoms with Gasteiger partial charge in [0.2, 0.25) is 0 Å². The molecule has 6 nitrogen and oxygen atoms in total. The highest BCUT2D eigenvalue weighted by Crippen LogP contribution is 2.39. The van der Waals surface area contributed by atoms with Crippen LogP contribution >= 0.6 is 15.9 Å². The largest absolute Gasteiger partial charge is 0.466 e. The van der Waals surface area contributed by atoms with Gasteiger partial charge in [0.1, 0.15) is 17.3 Å². The highest BCUT2D eigenvalue weighted by atomic mass is 79.9. The van der Waals surface area contributed by atoms with Crippen molar-refractivity contribution < 1.29 is 50.1 Å². The summed E-state index contributed by atoms with van der Waals surface area (Å²) >= 11 is 2.90. The minimum absolute atomic E-state index is 0.0312. The van der Waals surface area contributed by atoms with E-state index >= 15 is 0 Å². The van der Waals surface area contributed by atoms with E-state index in [-0.39, 0.29) is 16.6 Å². The molecule has 1 N–H and O–H groups in total. The number of hydrogen-bond donors (Lipinski definition) is 1. The van der Waals surface area contributed by atoms with E-state index < -0.39 is 64.0 Å². The van der Waals surface area contributed by atoms with E-state index in [0.29, 0.717) is 6.08 Å². The SMILES string of the molecule is COC(=O)/C=C(/Nc1cc(Oc2c(F)cc(C(F)(F)F)cc2F)c(Br)cc1F)C(=O)OC. The summed E-state index contributed by atoms with van der Waals surface area (Å²) in [4.78, 5) is 23.2. The predicted molar refractivity (Wildman–Crippen MR) is 101 cm³/mol. The number of rotatable bonds is 6. The number of carbonyl (C=O) groups is 2. The molecule has 0 saturated heterocycles. The van der Waals surface area contributed by atoms with Crippen LogP contribution in [-0.4, -0.2) is 26.2 Å². The monoisotopic (exact) mass is 527 g/mol. The first-order chi connectivity index (χ1) is 14.9. The first kappa shape index (κ1) is 25.0. The van der Waals surface area contributed by atoms with Crippen LogP contribution in [0.15, 0.2) is 40.5 Å². The molecule has 0 heterocycles. The third-order valence-electron chi connectivity index (χ3n) is 3.70. The maximum atomic E-state index is 14.3. The number of halogens is 7. The van der Waals surface area contributed by atoms with Gasteiger partial charge in [-0.05, 0) is 34.1 Å². The molecule has 0 spiro atoms. The van der Waals surface area contributed by atoms with Crippen LogP contribution in [0, 0.1) is 17.5 Å². The molecular formula is C19H12BrF6NO5. The number of methoxy groups -OCH3 is 2. The van der Waals surface area contributed by atoms with Gasteiger partial charge in [0.15, 0.2) is 17.4 Å². The Morgan fingerprint density at radius 3 is 2.06 bits per heavy atom. The molecule has 0 aromatic heterocycles. The minimum Gasteiger partial charge on any atom is -0.466 e. The average Bonchev–Trinajstić information content (AvgIpc) is 2.71. The van der Waals surface area contributed by atoms with Gasteiger partial charge in [-0.1, -0.05) is 0 Å². The maximum Gasteiger partial charge on any atom is 0.416 e. The normalized spacial score (nSPS) is 11.7. The Morgan fingerprint density at radius 1 is 0.969 bits per heavy atom. The summed E-state index contributed by atoms with van der Waals surface area (Å²) in [5.74, 6) is -8.02. The average molecular weight is 528 g/mol. The van der Waals surface area contributed by atoms with Gasteiger partial charge in [0.05, 0.1) is 36.0 Å². The molecule has 0 aliphatic rings. The van der Waals surface area contributed by atoms with Crippen molar-refractivity contribution in [3.63, 3.8) is 0 Å². The molecule has 0 atom stereocenters. The number of nitrogens with one attached hydrogen (secondary N) is 1. The predicted octanol–water partition coefficient (Wildman–Crippen LogP) is 5.32. The molecule has 2 aromatic rings. The van der Waals surface area contributed by atoms with Crippen LogP contribution in [0.2, 0.25) is 0 Å². The van der Waals surface area contributed by atoms with Crippen molar-refractivity contribution in [1.82, 2.24) is 0 Å². The maximum absolute atomic E-state index is 14.3. The van der Waals surface area contributed by atoms with Crippen LogP contribution < -0.4 is 10.1 Å². The highest BCUT2D eigenvalue weighted by molar-refractivity contribution is 9.10. The van der Waals surface area contributed by atoms with Gasteiger partial charge in [-0.25, -0.2) is 22.8 Å². The van der Waals surface area contributed by atoms with E-state index in [2.05, 4.69) is 30.7 Å². The van der Waals surface area contributed by atoms with Crippen molar-refractivity contribution in [2.45, 2.75) is 6.18 Å². The lowest BCUT2D eigenvalue weighted by molar-refractivity contribution is -0.138. The fourth-order valence-corrected chi connectivity index (χ4v) is 2.61. The van der Waals surface area contributed by atoms with Gasteiger partial charge in [-0.15, -0.1) is 0 Å². The third kappa shape index (κ3) is 5.93. The second-order valence-electron chi connectivity index (χ2n) is 5.83. The van der Waals surface area contributed by atoms with Gasteiger partial charge in [0, 0.05) is 6.07 Å². The van der Waals surface area contributed by atoms with Crippen molar-refractivity contribution in [2.24, 2.45) is 0 Å². The van der Waals surface area contributed by atoms with Gasteiger partial charge in [-0.3, -0.25) is 0 Å². The molecule has 0 bridgehead atoms. The molecule has 0 unspecified atom stereocenters. The fraction of sp³-hybridized carbons (Fsp3) is 0.158. The molecular weight excluding hydrogens is 516 g/mol. The molecule has 2 aromatic carbocycles. The lowest BCUT2D eigenvalue weighted by Gasteiger charge is -2.15. The fourth-order valence-electron chi connectivity index (χ4n) is 2.21. The first-order valence-corrected chi connectivity index (χ1v) is 9.04. The van der Waals surface area contributed by atoms with Crippen LogP contribution in [0.5, 0.6) is 11.5 Å². The van der Waals surface area contributed by atoms with E-state index in [1.54, 1.807) is 0 Å². The summed E-state index contributed by atoms with van der Waals surface area (Å²) in [6.07, 6.45) is -4.34. The molecule has 172 valence electrons. The Kier molecular flexibility index (Phi) is 7.78. The number of alkyl halides is 3.